The maximum atomic E-state index is 11.6. The van der Waals surface area contributed by atoms with Gasteiger partial charge in [-0.05, 0) is 6.42 Å². The van der Waals surface area contributed by atoms with Crippen molar-refractivity contribution in [2.75, 3.05) is 11.9 Å². The molecule has 0 bridgehead atoms. The Kier molecular flexibility index (Phi) is 4.48. The molecule has 0 aliphatic heterocycles. The van der Waals surface area contributed by atoms with Crippen molar-refractivity contribution in [2.24, 2.45) is 11.7 Å². The maximum absolute atomic E-state index is 11.6. The van der Waals surface area contributed by atoms with E-state index in [0.717, 1.165) is 12.8 Å². The first-order valence-corrected chi connectivity index (χ1v) is 5.43. The van der Waals surface area contributed by atoms with Gasteiger partial charge in [-0.2, -0.15) is 0 Å². The van der Waals surface area contributed by atoms with Crippen LogP contribution in [0, 0.1) is 5.92 Å². The molecule has 0 radical (unpaired) electrons. The predicted molar refractivity (Wildman–Crippen MR) is 56.0 cm³/mol. The zero-order valence-corrected chi connectivity index (χ0v) is 8.88. The van der Waals surface area contributed by atoms with Gasteiger partial charge >= 0.3 is 0 Å². The first kappa shape index (κ1) is 11.1. The summed E-state index contributed by atoms with van der Waals surface area (Å²) in [6.07, 6.45) is 1.76. The molecule has 14 heavy (non-hydrogen) atoms. The highest BCUT2D eigenvalue weighted by Gasteiger charge is 2.16. The van der Waals surface area contributed by atoms with Gasteiger partial charge in [-0.3, -0.25) is 4.79 Å². The Balaban J connectivity index is 2.47. The van der Waals surface area contributed by atoms with Crippen LogP contribution in [0.1, 0.15) is 19.8 Å². The fourth-order valence-electron chi connectivity index (χ4n) is 1.14. The summed E-state index contributed by atoms with van der Waals surface area (Å²) < 4.78 is 0. The van der Waals surface area contributed by atoms with Crippen LogP contribution in [-0.4, -0.2) is 22.6 Å². The molecule has 1 unspecified atom stereocenters. The minimum atomic E-state index is -0.121. The molecule has 0 fully saturated rings. The number of nitrogens with one attached hydrogen (secondary N) is 1. The lowest BCUT2D eigenvalue weighted by atomic mass is 10.0. The Bertz CT molecular complexity index is 275. The van der Waals surface area contributed by atoms with Gasteiger partial charge in [0.2, 0.25) is 11.0 Å². The summed E-state index contributed by atoms with van der Waals surface area (Å²) in [5.41, 5.74) is 7.07. The third kappa shape index (κ3) is 3.04. The molecule has 3 N–H and O–H groups in total. The van der Waals surface area contributed by atoms with Gasteiger partial charge in [0.1, 0.15) is 5.51 Å². The van der Waals surface area contributed by atoms with Crippen LogP contribution in [0.2, 0.25) is 0 Å². The second-order valence-corrected chi connectivity index (χ2v) is 3.79. The molecule has 1 rings (SSSR count). The molecule has 1 aromatic heterocycles. The average Bonchev–Trinajstić information content (AvgIpc) is 2.66. The summed E-state index contributed by atoms with van der Waals surface area (Å²) in [5.74, 6) is -0.185. The van der Waals surface area contributed by atoms with Gasteiger partial charge in [0, 0.05) is 6.54 Å². The van der Waals surface area contributed by atoms with Crippen LogP contribution in [0.5, 0.6) is 0 Å². The van der Waals surface area contributed by atoms with Crippen LogP contribution in [-0.2, 0) is 4.79 Å². The van der Waals surface area contributed by atoms with Crippen LogP contribution < -0.4 is 11.1 Å². The number of anilines is 1. The molecule has 0 aliphatic rings. The van der Waals surface area contributed by atoms with E-state index in [1.54, 1.807) is 5.51 Å². The Morgan fingerprint density at radius 2 is 2.57 bits per heavy atom. The van der Waals surface area contributed by atoms with E-state index in [0.29, 0.717) is 11.7 Å². The number of nitrogens with two attached hydrogens (primary N) is 1. The Hall–Kier alpha value is -1.01. The minimum Gasteiger partial charge on any atom is -0.330 e. The SMILES string of the molecule is CCCC(CN)C(=O)Nc1nncs1. The number of rotatable bonds is 5. The highest BCUT2D eigenvalue weighted by molar-refractivity contribution is 7.13. The van der Waals surface area contributed by atoms with Crippen molar-refractivity contribution >= 4 is 22.4 Å². The van der Waals surface area contributed by atoms with Gasteiger partial charge in [0.25, 0.3) is 0 Å². The normalized spacial score (nSPS) is 12.4. The summed E-state index contributed by atoms with van der Waals surface area (Å²) in [6.45, 7) is 2.40. The van der Waals surface area contributed by atoms with Gasteiger partial charge in [0.05, 0.1) is 5.92 Å². The number of carbonyl (C=O) groups excluding carboxylic acids is 1. The standard InChI is InChI=1S/C8H14N4OS/c1-2-3-6(4-9)7(13)11-8-12-10-5-14-8/h5-6H,2-4,9H2,1H3,(H,11,12,13). The molecule has 0 saturated heterocycles. The molecule has 0 aliphatic carbocycles. The van der Waals surface area contributed by atoms with E-state index in [1.165, 1.54) is 11.3 Å². The summed E-state index contributed by atoms with van der Waals surface area (Å²) in [4.78, 5) is 11.6. The molecule has 1 aromatic rings. The Labute approximate surface area is 86.7 Å². The molecule has 1 atom stereocenters. The highest BCUT2D eigenvalue weighted by Crippen LogP contribution is 2.12. The monoisotopic (exact) mass is 214 g/mol. The van der Waals surface area contributed by atoms with E-state index in [1.807, 2.05) is 6.92 Å². The topological polar surface area (TPSA) is 80.9 Å². The second-order valence-electron chi connectivity index (χ2n) is 2.95. The molecule has 5 nitrogen and oxygen atoms in total. The second kappa shape index (κ2) is 5.66. The van der Waals surface area contributed by atoms with Crippen LogP contribution in [0.15, 0.2) is 5.51 Å². The number of carbonyl (C=O) groups is 1. The molecule has 0 saturated carbocycles. The van der Waals surface area contributed by atoms with Crippen molar-refractivity contribution in [3.63, 3.8) is 0 Å². The van der Waals surface area contributed by atoms with Crippen molar-refractivity contribution in [2.45, 2.75) is 19.8 Å². The third-order valence-electron chi connectivity index (χ3n) is 1.88. The van der Waals surface area contributed by atoms with Crippen LogP contribution in [0.4, 0.5) is 5.13 Å². The van der Waals surface area contributed by atoms with E-state index >= 15 is 0 Å². The highest BCUT2D eigenvalue weighted by atomic mass is 32.1. The number of hydrogen-bond donors (Lipinski definition) is 2. The van der Waals surface area contributed by atoms with Crippen LogP contribution in [0.25, 0.3) is 0 Å². The maximum Gasteiger partial charge on any atom is 0.230 e. The molecule has 1 heterocycles. The third-order valence-corrected chi connectivity index (χ3v) is 2.49. The number of amides is 1. The lowest BCUT2D eigenvalue weighted by molar-refractivity contribution is -0.119. The zero-order valence-electron chi connectivity index (χ0n) is 8.06. The first-order valence-electron chi connectivity index (χ1n) is 4.55. The van der Waals surface area contributed by atoms with Crippen molar-refractivity contribution in [1.82, 2.24) is 10.2 Å². The van der Waals surface area contributed by atoms with E-state index in [4.69, 9.17) is 5.73 Å². The molecular weight excluding hydrogens is 200 g/mol. The zero-order chi connectivity index (χ0) is 10.4. The summed E-state index contributed by atoms with van der Waals surface area (Å²) in [6, 6.07) is 0. The fourth-order valence-corrected chi connectivity index (χ4v) is 1.59. The van der Waals surface area contributed by atoms with Crippen molar-refractivity contribution in [3.05, 3.63) is 5.51 Å². The molecular formula is C8H14N4OS. The number of hydrogen-bond acceptors (Lipinski definition) is 5. The smallest absolute Gasteiger partial charge is 0.230 e. The van der Waals surface area contributed by atoms with Crippen molar-refractivity contribution in [3.8, 4) is 0 Å². The van der Waals surface area contributed by atoms with Gasteiger partial charge in [-0.25, -0.2) is 0 Å². The molecule has 0 aromatic carbocycles. The van der Waals surface area contributed by atoms with E-state index in [-0.39, 0.29) is 11.8 Å². The van der Waals surface area contributed by atoms with Crippen molar-refractivity contribution in [1.29, 1.82) is 0 Å². The summed E-state index contributed by atoms with van der Waals surface area (Å²) in [7, 11) is 0. The molecule has 0 spiro atoms. The average molecular weight is 214 g/mol. The minimum absolute atomic E-state index is 0.0638. The quantitative estimate of drug-likeness (QED) is 0.761. The summed E-state index contributed by atoms with van der Waals surface area (Å²) in [5, 5.41) is 10.6. The number of nitrogens with zero attached hydrogens (tertiary/aromatic N) is 2. The van der Waals surface area contributed by atoms with Gasteiger partial charge in [-0.1, -0.05) is 24.7 Å². The van der Waals surface area contributed by atoms with E-state index < -0.39 is 0 Å². The predicted octanol–water partition coefficient (Wildman–Crippen LogP) is 0.852. The van der Waals surface area contributed by atoms with E-state index in [2.05, 4.69) is 15.5 Å². The van der Waals surface area contributed by atoms with Crippen LogP contribution >= 0.6 is 11.3 Å². The van der Waals surface area contributed by atoms with E-state index in [9.17, 15) is 4.79 Å². The fraction of sp³-hybridized carbons (Fsp3) is 0.625. The number of aromatic nitrogens is 2. The summed E-state index contributed by atoms with van der Waals surface area (Å²) >= 11 is 1.30. The van der Waals surface area contributed by atoms with Gasteiger partial charge < -0.3 is 11.1 Å². The van der Waals surface area contributed by atoms with Crippen LogP contribution in [0.3, 0.4) is 0 Å². The Morgan fingerprint density at radius 3 is 3.07 bits per heavy atom. The van der Waals surface area contributed by atoms with Crippen molar-refractivity contribution < 1.29 is 4.79 Å². The lowest BCUT2D eigenvalue weighted by Crippen LogP contribution is -2.29. The largest absolute Gasteiger partial charge is 0.330 e. The van der Waals surface area contributed by atoms with Gasteiger partial charge in [0.15, 0.2) is 0 Å². The molecule has 1 amide bonds. The molecule has 6 heteroatoms. The Morgan fingerprint density at radius 1 is 1.79 bits per heavy atom. The first-order chi connectivity index (χ1) is 6.77. The van der Waals surface area contributed by atoms with Gasteiger partial charge in [-0.15, -0.1) is 10.2 Å². The lowest BCUT2D eigenvalue weighted by Gasteiger charge is -2.11. The molecule has 78 valence electrons.